The smallest absolute Gasteiger partial charge is 0.195 e. The number of benzene rings is 2. The lowest BCUT2D eigenvalue weighted by molar-refractivity contribution is 1.29. The lowest BCUT2D eigenvalue weighted by Crippen LogP contribution is -1.84. The molecule has 0 unspecified atom stereocenters. The van der Waals surface area contributed by atoms with E-state index in [-0.39, 0.29) is 0 Å². The number of thiazole rings is 1. The molecule has 4 rings (SSSR count). The van der Waals surface area contributed by atoms with Gasteiger partial charge in [0.2, 0.25) is 0 Å². The van der Waals surface area contributed by atoms with Crippen LogP contribution >= 0.6 is 11.3 Å². The van der Waals surface area contributed by atoms with Crippen molar-refractivity contribution in [3.8, 4) is 11.3 Å². The molecule has 3 heteroatoms. The maximum absolute atomic E-state index is 4.82. The van der Waals surface area contributed by atoms with E-state index in [0.717, 1.165) is 10.7 Å². The van der Waals surface area contributed by atoms with Gasteiger partial charge in [-0.15, -0.1) is 0 Å². The summed E-state index contributed by atoms with van der Waals surface area (Å²) in [5.41, 5.74) is 7.38. The molecule has 21 heavy (non-hydrogen) atoms. The third kappa shape index (κ3) is 1.96. The Bertz CT molecular complexity index is 976. The molecule has 2 heterocycles. The average molecular weight is 292 g/mol. The molecule has 0 aliphatic carbocycles. The molecule has 2 aromatic heterocycles. The van der Waals surface area contributed by atoms with Crippen LogP contribution in [0.25, 0.3) is 26.4 Å². The molecule has 0 saturated heterocycles. The van der Waals surface area contributed by atoms with Crippen molar-refractivity contribution < 1.29 is 0 Å². The number of hydrogen-bond acceptors (Lipinski definition) is 2. The molecule has 2 aromatic carbocycles. The minimum Gasteiger partial charge on any atom is -0.290 e. The molecule has 4 aromatic rings. The summed E-state index contributed by atoms with van der Waals surface area (Å²) in [6, 6.07) is 13.1. The van der Waals surface area contributed by atoms with Crippen LogP contribution in [0.3, 0.4) is 0 Å². The topological polar surface area (TPSA) is 17.3 Å². The number of hydrogen-bond donors (Lipinski definition) is 0. The number of aryl methyl sites for hydroxylation is 3. The molecule has 0 saturated carbocycles. The summed E-state index contributed by atoms with van der Waals surface area (Å²) in [5.74, 6) is 0. The summed E-state index contributed by atoms with van der Waals surface area (Å²) in [4.78, 5) is 5.88. The molecule has 0 bridgehead atoms. The van der Waals surface area contributed by atoms with Crippen molar-refractivity contribution in [1.29, 1.82) is 0 Å². The van der Waals surface area contributed by atoms with E-state index in [1.165, 1.54) is 32.5 Å². The largest absolute Gasteiger partial charge is 0.290 e. The highest BCUT2D eigenvalue weighted by molar-refractivity contribution is 7.23. The summed E-state index contributed by atoms with van der Waals surface area (Å²) in [7, 11) is 0. The van der Waals surface area contributed by atoms with Crippen LogP contribution in [0.4, 0.5) is 0 Å². The Kier molecular flexibility index (Phi) is 2.66. The SMILES string of the molecule is Cc1ccc(-c2cn3c(n2)sc2cc(C)ccc23)c(C)c1. The monoisotopic (exact) mass is 292 g/mol. The quantitative estimate of drug-likeness (QED) is 0.475. The molecule has 2 nitrogen and oxygen atoms in total. The van der Waals surface area contributed by atoms with Gasteiger partial charge in [-0.25, -0.2) is 4.98 Å². The highest BCUT2D eigenvalue weighted by atomic mass is 32.1. The summed E-state index contributed by atoms with van der Waals surface area (Å²) in [6.07, 6.45) is 2.15. The summed E-state index contributed by atoms with van der Waals surface area (Å²) in [5, 5.41) is 0. The number of imidazole rings is 1. The first-order valence-electron chi connectivity index (χ1n) is 7.08. The van der Waals surface area contributed by atoms with E-state index in [1.54, 1.807) is 11.3 Å². The molecule has 0 fully saturated rings. The normalized spacial score (nSPS) is 11.6. The summed E-state index contributed by atoms with van der Waals surface area (Å²) in [6.45, 7) is 6.40. The van der Waals surface area contributed by atoms with Crippen molar-refractivity contribution in [3.63, 3.8) is 0 Å². The lowest BCUT2D eigenvalue weighted by Gasteiger charge is -2.03. The zero-order valence-electron chi connectivity index (χ0n) is 12.3. The lowest BCUT2D eigenvalue weighted by atomic mass is 10.0. The predicted octanol–water partition coefficient (Wildman–Crippen LogP) is 5.14. The first-order valence-corrected chi connectivity index (χ1v) is 7.89. The zero-order chi connectivity index (χ0) is 14.6. The minimum absolute atomic E-state index is 1.06. The van der Waals surface area contributed by atoms with Crippen LogP contribution in [-0.4, -0.2) is 9.38 Å². The second kappa shape index (κ2) is 4.43. The minimum atomic E-state index is 1.06. The molecular weight excluding hydrogens is 276 g/mol. The average Bonchev–Trinajstić information content (AvgIpc) is 2.95. The molecule has 0 atom stereocenters. The van der Waals surface area contributed by atoms with Gasteiger partial charge < -0.3 is 0 Å². The van der Waals surface area contributed by atoms with Crippen molar-refractivity contribution in [1.82, 2.24) is 9.38 Å². The van der Waals surface area contributed by atoms with Gasteiger partial charge in [-0.3, -0.25) is 4.40 Å². The number of fused-ring (bicyclic) bond motifs is 3. The van der Waals surface area contributed by atoms with Crippen LogP contribution in [0.2, 0.25) is 0 Å². The van der Waals surface area contributed by atoms with Gasteiger partial charge in [-0.05, 0) is 44.0 Å². The highest BCUT2D eigenvalue weighted by Gasteiger charge is 2.11. The Morgan fingerprint density at radius 3 is 2.52 bits per heavy atom. The Balaban J connectivity index is 1.95. The van der Waals surface area contributed by atoms with Crippen LogP contribution < -0.4 is 0 Å². The Morgan fingerprint density at radius 1 is 0.952 bits per heavy atom. The van der Waals surface area contributed by atoms with Crippen molar-refractivity contribution >= 4 is 26.5 Å². The van der Waals surface area contributed by atoms with E-state index in [4.69, 9.17) is 4.98 Å². The van der Waals surface area contributed by atoms with Crippen molar-refractivity contribution in [2.45, 2.75) is 20.8 Å². The maximum atomic E-state index is 4.82. The number of nitrogens with zero attached hydrogens (tertiary/aromatic N) is 2. The molecule has 0 spiro atoms. The molecule has 0 radical (unpaired) electrons. The molecular formula is C18H16N2S. The van der Waals surface area contributed by atoms with Gasteiger partial charge in [0.15, 0.2) is 4.96 Å². The van der Waals surface area contributed by atoms with Crippen molar-refractivity contribution in [2.24, 2.45) is 0 Å². The third-order valence-electron chi connectivity index (χ3n) is 3.91. The van der Waals surface area contributed by atoms with Crippen molar-refractivity contribution in [2.75, 3.05) is 0 Å². The van der Waals surface area contributed by atoms with Gasteiger partial charge in [-0.1, -0.05) is 41.2 Å². The van der Waals surface area contributed by atoms with E-state index >= 15 is 0 Å². The van der Waals surface area contributed by atoms with Gasteiger partial charge in [0.1, 0.15) is 0 Å². The molecule has 0 aliphatic heterocycles. The van der Waals surface area contributed by atoms with Crippen LogP contribution in [0, 0.1) is 20.8 Å². The predicted molar refractivity (Wildman–Crippen MR) is 90.2 cm³/mol. The van der Waals surface area contributed by atoms with E-state index in [2.05, 4.69) is 67.8 Å². The number of aromatic nitrogens is 2. The summed E-state index contributed by atoms with van der Waals surface area (Å²) < 4.78 is 3.50. The molecule has 0 aliphatic rings. The van der Waals surface area contributed by atoms with Gasteiger partial charge in [0, 0.05) is 11.8 Å². The Morgan fingerprint density at radius 2 is 1.71 bits per heavy atom. The van der Waals surface area contributed by atoms with Crippen LogP contribution in [0.15, 0.2) is 42.6 Å². The van der Waals surface area contributed by atoms with E-state index in [9.17, 15) is 0 Å². The third-order valence-corrected chi connectivity index (χ3v) is 4.92. The summed E-state index contributed by atoms with van der Waals surface area (Å²) >= 11 is 1.75. The fourth-order valence-corrected chi connectivity index (χ4v) is 3.94. The van der Waals surface area contributed by atoms with Gasteiger partial charge >= 0.3 is 0 Å². The Hall–Kier alpha value is -2.13. The first kappa shape index (κ1) is 12.6. The Labute approximate surface area is 127 Å². The zero-order valence-corrected chi connectivity index (χ0v) is 13.2. The van der Waals surface area contributed by atoms with Gasteiger partial charge in [0.25, 0.3) is 0 Å². The van der Waals surface area contributed by atoms with E-state index in [0.29, 0.717) is 0 Å². The van der Waals surface area contributed by atoms with Gasteiger partial charge in [0.05, 0.1) is 15.9 Å². The molecule has 0 amide bonds. The van der Waals surface area contributed by atoms with Crippen LogP contribution in [-0.2, 0) is 0 Å². The van der Waals surface area contributed by atoms with E-state index in [1.807, 2.05) is 0 Å². The standard InChI is InChI=1S/C18H16N2S/c1-11-4-6-14(13(3)8-11)15-10-20-16-7-5-12(2)9-17(16)21-18(20)19-15/h4-10H,1-3H3. The van der Waals surface area contributed by atoms with Gasteiger partial charge in [-0.2, -0.15) is 0 Å². The highest BCUT2D eigenvalue weighted by Crippen LogP contribution is 2.31. The number of rotatable bonds is 1. The second-order valence-corrected chi connectivity index (χ2v) is 6.68. The fourth-order valence-electron chi connectivity index (χ4n) is 2.84. The van der Waals surface area contributed by atoms with Crippen LogP contribution in [0.5, 0.6) is 0 Å². The fraction of sp³-hybridized carbons (Fsp3) is 0.167. The maximum Gasteiger partial charge on any atom is 0.195 e. The van der Waals surface area contributed by atoms with Crippen LogP contribution in [0.1, 0.15) is 16.7 Å². The van der Waals surface area contributed by atoms with E-state index < -0.39 is 0 Å². The molecule has 104 valence electrons. The first-order chi connectivity index (χ1) is 10.1. The molecule has 0 N–H and O–H groups in total. The second-order valence-electron chi connectivity index (χ2n) is 5.67. The van der Waals surface area contributed by atoms with Crippen molar-refractivity contribution in [3.05, 3.63) is 59.3 Å².